The second-order valence-electron chi connectivity index (χ2n) is 9.20. The van der Waals surface area contributed by atoms with Crippen molar-refractivity contribution in [2.24, 2.45) is 0 Å². The average molecular weight is 527 g/mol. The summed E-state index contributed by atoms with van der Waals surface area (Å²) in [6.45, 7) is 6.08. The topological polar surface area (TPSA) is 36.9 Å². The van der Waals surface area contributed by atoms with Gasteiger partial charge in [0, 0.05) is 13.2 Å². The summed E-state index contributed by atoms with van der Waals surface area (Å²) in [5.74, 6) is 0. The Morgan fingerprint density at radius 2 is 1.13 bits per heavy atom. The molecule has 0 aliphatic heterocycles. The Morgan fingerprint density at radius 3 is 1.61 bits per heavy atom. The van der Waals surface area contributed by atoms with Crippen LogP contribution in [0.15, 0.2) is 121 Å². The fraction of sp³-hybridized carbons (Fsp3) is 0.273. The van der Waals surface area contributed by atoms with E-state index >= 15 is 0 Å². The normalized spacial score (nSPS) is 13.2. The van der Waals surface area contributed by atoms with Crippen molar-refractivity contribution in [3.05, 3.63) is 127 Å². The molecule has 1 unspecified atom stereocenters. The molecule has 0 aliphatic carbocycles. The van der Waals surface area contributed by atoms with Gasteiger partial charge in [0.15, 0.2) is 6.29 Å². The van der Waals surface area contributed by atoms with E-state index in [0.717, 1.165) is 5.56 Å². The number of hydrogen-bond acceptors (Lipinski definition) is 4. The van der Waals surface area contributed by atoms with E-state index in [4.69, 9.17) is 18.6 Å². The van der Waals surface area contributed by atoms with Gasteiger partial charge in [0.05, 0.1) is 19.3 Å². The molecule has 38 heavy (non-hydrogen) atoms. The van der Waals surface area contributed by atoms with E-state index in [1.807, 2.05) is 32.0 Å². The maximum Gasteiger partial charge on any atom is 0.288 e. The molecular weight excluding hydrogens is 488 g/mol. The molecular formula is C33H38O4Si. The van der Waals surface area contributed by atoms with Gasteiger partial charge in [0.1, 0.15) is 0 Å². The highest BCUT2D eigenvalue weighted by Gasteiger charge is 2.42. The SMILES string of the molecule is CCOC(C)O[C@@H](CCOCc1ccccc1)CO[Si](c1ccccc1)(c1ccccc1)c1ccccc1. The van der Waals surface area contributed by atoms with Gasteiger partial charge in [0.2, 0.25) is 0 Å². The van der Waals surface area contributed by atoms with Crippen molar-refractivity contribution >= 4 is 23.9 Å². The van der Waals surface area contributed by atoms with Crippen LogP contribution < -0.4 is 15.6 Å². The lowest BCUT2D eigenvalue weighted by Gasteiger charge is -2.35. The smallest absolute Gasteiger partial charge is 0.288 e. The summed E-state index contributed by atoms with van der Waals surface area (Å²) in [5, 5.41) is 3.61. The molecule has 4 rings (SSSR count). The number of rotatable bonds is 15. The lowest BCUT2D eigenvalue weighted by molar-refractivity contribution is -0.168. The summed E-state index contributed by atoms with van der Waals surface area (Å²) in [6, 6.07) is 42.1. The highest BCUT2D eigenvalue weighted by Crippen LogP contribution is 2.14. The molecule has 0 fully saturated rings. The molecule has 4 aromatic rings. The van der Waals surface area contributed by atoms with E-state index in [0.29, 0.717) is 32.8 Å². The maximum atomic E-state index is 7.15. The molecule has 198 valence electrons. The van der Waals surface area contributed by atoms with Crippen molar-refractivity contribution in [3.63, 3.8) is 0 Å². The summed E-state index contributed by atoms with van der Waals surface area (Å²) in [6.07, 6.45) is 0.187. The summed E-state index contributed by atoms with van der Waals surface area (Å²) >= 11 is 0. The van der Waals surface area contributed by atoms with Crippen molar-refractivity contribution in [2.75, 3.05) is 19.8 Å². The van der Waals surface area contributed by atoms with Gasteiger partial charge in [-0.05, 0) is 41.4 Å². The first-order valence-corrected chi connectivity index (χ1v) is 15.3. The van der Waals surface area contributed by atoms with Crippen LogP contribution in [0.4, 0.5) is 0 Å². The molecule has 0 amide bonds. The average Bonchev–Trinajstić information content (AvgIpc) is 2.98. The van der Waals surface area contributed by atoms with Gasteiger partial charge in [0.25, 0.3) is 8.32 Å². The first-order chi connectivity index (χ1) is 18.7. The highest BCUT2D eigenvalue weighted by atomic mass is 28.4. The lowest BCUT2D eigenvalue weighted by Crippen LogP contribution is -2.69. The minimum absolute atomic E-state index is 0.185. The predicted octanol–water partition coefficient (Wildman–Crippen LogP) is 5.04. The lowest BCUT2D eigenvalue weighted by atomic mass is 10.2. The molecule has 0 aliphatic rings. The van der Waals surface area contributed by atoms with Crippen molar-refractivity contribution in [3.8, 4) is 0 Å². The van der Waals surface area contributed by atoms with Crippen molar-refractivity contribution in [1.29, 1.82) is 0 Å². The molecule has 4 nitrogen and oxygen atoms in total. The number of benzene rings is 4. The van der Waals surface area contributed by atoms with Crippen LogP contribution in [0.5, 0.6) is 0 Å². The van der Waals surface area contributed by atoms with Crippen LogP contribution in [-0.2, 0) is 25.2 Å². The molecule has 4 aromatic carbocycles. The van der Waals surface area contributed by atoms with Crippen molar-refractivity contribution < 1.29 is 18.6 Å². The molecule has 0 radical (unpaired) electrons. The molecule has 0 heterocycles. The summed E-state index contributed by atoms with van der Waals surface area (Å²) in [4.78, 5) is 0. The van der Waals surface area contributed by atoms with Crippen LogP contribution in [-0.4, -0.2) is 40.5 Å². The Hall–Kier alpha value is -3.06. The third-order valence-corrected chi connectivity index (χ3v) is 10.5. The molecule has 0 N–H and O–H groups in total. The van der Waals surface area contributed by atoms with Gasteiger partial charge in [-0.2, -0.15) is 0 Å². The quantitative estimate of drug-likeness (QED) is 0.0941. The monoisotopic (exact) mass is 526 g/mol. The number of ether oxygens (including phenoxy) is 3. The predicted molar refractivity (Wildman–Crippen MR) is 157 cm³/mol. The van der Waals surface area contributed by atoms with Crippen molar-refractivity contribution in [2.45, 2.75) is 39.3 Å². The zero-order chi connectivity index (χ0) is 26.5. The van der Waals surface area contributed by atoms with E-state index in [9.17, 15) is 0 Å². The fourth-order valence-corrected chi connectivity index (χ4v) is 8.62. The molecule has 0 saturated carbocycles. The standard InChI is InChI=1S/C33H38O4Si/c1-3-35-28(2)37-30(24-25-34-26-29-16-8-4-9-17-29)27-36-38(31-18-10-5-11-19-31,32-20-12-6-13-21-32)33-22-14-7-15-23-33/h4-23,28,30H,3,24-27H2,1-2H3/t28?,30-/m0/s1. The summed E-state index contributed by atoms with van der Waals surface area (Å²) in [5.41, 5.74) is 1.16. The van der Waals surface area contributed by atoms with Gasteiger partial charge in [-0.3, -0.25) is 0 Å². The first-order valence-electron chi connectivity index (χ1n) is 13.4. The van der Waals surface area contributed by atoms with Gasteiger partial charge in [-0.1, -0.05) is 121 Å². The molecule has 0 aromatic heterocycles. The van der Waals surface area contributed by atoms with Crippen LogP contribution in [0.2, 0.25) is 0 Å². The third-order valence-electron chi connectivity index (χ3n) is 6.51. The maximum absolute atomic E-state index is 7.15. The summed E-state index contributed by atoms with van der Waals surface area (Å²) < 4.78 is 25.2. The van der Waals surface area contributed by atoms with Gasteiger partial charge in [-0.25, -0.2) is 0 Å². The molecule has 0 bridgehead atoms. The Morgan fingerprint density at radius 1 is 0.658 bits per heavy atom. The van der Waals surface area contributed by atoms with Gasteiger partial charge in [-0.15, -0.1) is 0 Å². The largest absolute Gasteiger partial charge is 0.402 e. The van der Waals surface area contributed by atoms with Gasteiger partial charge < -0.3 is 18.6 Å². The number of hydrogen-bond donors (Lipinski definition) is 0. The van der Waals surface area contributed by atoms with E-state index in [2.05, 4.69) is 103 Å². The zero-order valence-electron chi connectivity index (χ0n) is 22.4. The minimum Gasteiger partial charge on any atom is -0.402 e. The van der Waals surface area contributed by atoms with E-state index < -0.39 is 8.32 Å². The minimum atomic E-state index is -2.82. The summed E-state index contributed by atoms with van der Waals surface area (Å²) in [7, 11) is -2.82. The van der Waals surface area contributed by atoms with Crippen molar-refractivity contribution in [1.82, 2.24) is 0 Å². The first kappa shape index (κ1) is 28.0. The van der Waals surface area contributed by atoms with Crippen LogP contribution in [0.25, 0.3) is 0 Å². The Kier molecular flexibility index (Phi) is 10.9. The third kappa shape index (κ3) is 7.50. The Labute approximate surface area is 228 Å². The fourth-order valence-electron chi connectivity index (χ4n) is 4.70. The molecule has 2 atom stereocenters. The Bertz CT molecular complexity index is 1080. The van der Waals surface area contributed by atoms with E-state index in [1.54, 1.807) is 0 Å². The molecule has 5 heteroatoms. The second-order valence-corrected chi connectivity index (χ2v) is 12.6. The highest BCUT2D eigenvalue weighted by molar-refractivity contribution is 7.07. The second kappa shape index (κ2) is 14.8. The van der Waals surface area contributed by atoms with Crippen LogP contribution >= 0.6 is 0 Å². The van der Waals surface area contributed by atoms with Crippen LogP contribution in [0, 0.1) is 0 Å². The Balaban J connectivity index is 1.59. The van der Waals surface area contributed by atoms with Crippen LogP contribution in [0.3, 0.4) is 0 Å². The van der Waals surface area contributed by atoms with E-state index in [1.165, 1.54) is 15.6 Å². The molecule has 0 saturated heterocycles. The zero-order valence-corrected chi connectivity index (χ0v) is 23.4. The van der Waals surface area contributed by atoms with E-state index in [-0.39, 0.29) is 12.4 Å². The van der Waals surface area contributed by atoms with Crippen LogP contribution in [0.1, 0.15) is 25.8 Å². The van der Waals surface area contributed by atoms with Gasteiger partial charge >= 0.3 is 0 Å². The molecule has 0 spiro atoms.